The number of nitrogens with zero attached hydrogens (tertiary/aromatic N) is 1. The molecule has 1 aromatic heterocycles. The van der Waals surface area contributed by atoms with Crippen LogP contribution in [-0.2, 0) is 4.74 Å². The molecule has 78 valence electrons. The molecule has 1 atom stereocenters. The lowest BCUT2D eigenvalue weighted by Gasteiger charge is -2.18. The third kappa shape index (κ3) is 2.35. The molecule has 0 saturated heterocycles. The van der Waals surface area contributed by atoms with Crippen LogP contribution in [0.3, 0.4) is 0 Å². The third-order valence-electron chi connectivity index (χ3n) is 1.64. The molecule has 3 nitrogen and oxygen atoms in total. The standard InChI is InChI=1S/C8H9F3N2O/c1-14-7(8(9,10)11)5-2-3-6(12)13-4-5/h2-4,7H,1H3,(H2,12,13). The number of halogens is 3. The van der Waals surface area contributed by atoms with E-state index in [0.717, 1.165) is 13.3 Å². The molecule has 0 spiro atoms. The zero-order chi connectivity index (χ0) is 10.8. The lowest BCUT2D eigenvalue weighted by Crippen LogP contribution is -2.22. The van der Waals surface area contributed by atoms with Gasteiger partial charge in [-0.05, 0) is 6.07 Å². The Bertz CT molecular complexity index is 296. The van der Waals surface area contributed by atoms with Gasteiger partial charge in [-0.15, -0.1) is 0 Å². The molecule has 0 saturated carbocycles. The van der Waals surface area contributed by atoms with Gasteiger partial charge in [-0.1, -0.05) is 6.07 Å². The molecular weight excluding hydrogens is 197 g/mol. The molecule has 1 unspecified atom stereocenters. The molecule has 2 N–H and O–H groups in total. The summed E-state index contributed by atoms with van der Waals surface area (Å²) < 4.78 is 41.3. The van der Waals surface area contributed by atoms with Gasteiger partial charge in [0.15, 0.2) is 6.10 Å². The maximum atomic E-state index is 12.3. The van der Waals surface area contributed by atoms with Gasteiger partial charge in [0.25, 0.3) is 0 Å². The summed E-state index contributed by atoms with van der Waals surface area (Å²) in [7, 11) is 0.995. The predicted molar refractivity (Wildman–Crippen MR) is 44.5 cm³/mol. The maximum absolute atomic E-state index is 12.3. The van der Waals surface area contributed by atoms with E-state index in [1.165, 1.54) is 12.1 Å². The number of methoxy groups -OCH3 is 1. The molecule has 0 aliphatic carbocycles. The zero-order valence-electron chi connectivity index (χ0n) is 7.38. The van der Waals surface area contributed by atoms with Crippen LogP contribution in [0.25, 0.3) is 0 Å². The van der Waals surface area contributed by atoms with E-state index in [2.05, 4.69) is 9.72 Å². The van der Waals surface area contributed by atoms with Gasteiger partial charge >= 0.3 is 6.18 Å². The molecule has 0 radical (unpaired) electrons. The van der Waals surface area contributed by atoms with E-state index < -0.39 is 12.3 Å². The molecule has 6 heteroatoms. The molecule has 1 heterocycles. The van der Waals surface area contributed by atoms with Crippen molar-refractivity contribution in [3.05, 3.63) is 23.9 Å². The second-order valence-corrected chi connectivity index (χ2v) is 2.67. The summed E-state index contributed by atoms with van der Waals surface area (Å²) in [6.45, 7) is 0. The van der Waals surface area contributed by atoms with Crippen LogP contribution in [-0.4, -0.2) is 18.3 Å². The van der Waals surface area contributed by atoms with Crippen LogP contribution in [0.4, 0.5) is 19.0 Å². The van der Waals surface area contributed by atoms with E-state index in [1.54, 1.807) is 0 Å². The second kappa shape index (κ2) is 3.83. The van der Waals surface area contributed by atoms with Crippen molar-refractivity contribution in [3.63, 3.8) is 0 Å². The summed E-state index contributed by atoms with van der Waals surface area (Å²) >= 11 is 0. The Hall–Kier alpha value is -1.30. The van der Waals surface area contributed by atoms with E-state index in [1.807, 2.05) is 0 Å². The summed E-state index contributed by atoms with van der Waals surface area (Å²) in [5, 5.41) is 0. The quantitative estimate of drug-likeness (QED) is 0.804. The summed E-state index contributed by atoms with van der Waals surface area (Å²) in [4.78, 5) is 3.56. The lowest BCUT2D eigenvalue weighted by atomic mass is 10.1. The SMILES string of the molecule is COC(c1ccc(N)nc1)C(F)(F)F. The summed E-state index contributed by atoms with van der Waals surface area (Å²) in [6, 6.07) is 2.54. The van der Waals surface area contributed by atoms with Crippen molar-refractivity contribution in [2.45, 2.75) is 12.3 Å². The van der Waals surface area contributed by atoms with E-state index in [-0.39, 0.29) is 11.4 Å². The Balaban J connectivity index is 2.96. The fraction of sp³-hybridized carbons (Fsp3) is 0.375. The first-order chi connectivity index (χ1) is 6.45. The van der Waals surface area contributed by atoms with E-state index in [0.29, 0.717) is 0 Å². The smallest absolute Gasteiger partial charge is 0.384 e. The minimum Gasteiger partial charge on any atom is -0.384 e. The highest BCUT2D eigenvalue weighted by molar-refractivity contribution is 5.30. The Kier molecular flexibility index (Phi) is 2.95. The van der Waals surface area contributed by atoms with Crippen molar-refractivity contribution >= 4 is 5.82 Å². The minimum absolute atomic E-state index is 0.0609. The first kappa shape index (κ1) is 10.8. The van der Waals surface area contributed by atoms with Gasteiger partial charge in [0, 0.05) is 18.9 Å². The number of hydrogen-bond acceptors (Lipinski definition) is 3. The maximum Gasteiger partial charge on any atom is 0.418 e. The molecule has 0 aliphatic heterocycles. The van der Waals surface area contributed by atoms with Crippen molar-refractivity contribution in [3.8, 4) is 0 Å². The Morgan fingerprint density at radius 1 is 1.43 bits per heavy atom. The first-order valence-electron chi connectivity index (χ1n) is 3.76. The zero-order valence-corrected chi connectivity index (χ0v) is 7.38. The van der Waals surface area contributed by atoms with Crippen LogP contribution in [0.5, 0.6) is 0 Å². The molecular formula is C8H9F3N2O. The van der Waals surface area contributed by atoms with Gasteiger partial charge in [-0.3, -0.25) is 0 Å². The van der Waals surface area contributed by atoms with Crippen LogP contribution in [0.2, 0.25) is 0 Å². The molecule has 0 bridgehead atoms. The largest absolute Gasteiger partial charge is 0.418 e. The van der Waals surface area contributed by atoms with Gasteiger partial charge in [0.2, 0.25) is 0 Å². The monoisotopic (exact) mass is 206 g/mol. The van der Waals surface area contributed by atoms with Crippen LogP contribution >= 0.6 is 0 Å². The fourth-order valence-electron chi connectivity index (χ4n) is 1.03. The third-order valence-corrected chi connectivity index (χ3v) is 1.64. The van der Waals surface area contributed by atoms with Gasteiger partial charge in [-0.2, -0.15) is 13.2 Å². The summed E-state index contributed by atoms with van der Waals surface area (Å²) in [5.41, 5.74) is 5.18. The highest BCUT2D eigenvalue weighted by Crippen LogP contribution is 2.34. The van der Waals surface area contributed by atoms with Gasteiger partial charge in [0.05, 0.1) is 0 Å². The first-order valence-corrected chi connectivity index (χ1v) is 3.76. The number of anilines is 1. The van der Waals surface area contributed by atoms with Gasteiger partial charge < -0.3 is 10.5 Å². The van der Waals surface area contributed by atoms with E-state index in [9.17, 15) is 13.2 Å². The topological polar surface area (TPSA) is 48.1 Å². The van der Waals surface area contributed by atoms with Crippen molar-refractivity contribution in [1.29, 1.82) is 0 Å². The van der Waals surface area contributed by atoms with Crippen LogP contribution in [0.1, 0.15) is 11.7 Å². The summed E-state index contributed by atoms with van der Waals surface area (Å²) in [6.07, 6.45) is -5.33. The van der Waals surface area contributed by atoms with Crippen LogP contribution < -0.4 is 5.73 Å². The van der Waals surface area contributed by atoms with E-state index in [4.69, 9.17) is 5.73 Å². The Labute approximate surface area is 78.7 Å². The number of hydrogen-bond donors (Lipinski definition) is 1. The van der Waals surface area contributed by atoms with Crippen molar-refractivity contribution in [2.75, 3.05) is 12.8 Å². The Morgan fingerprint density at radius 3 is 2.43 bits per heavy atom. The summed E-state index contributed by atoms with van der Waals surface area (Å²) in [5.74, 6) is 0.172. The van der Waals surface area contributed by atoms with Crippen LogP contribution in [0.15, 0.2) is 18.3 Å². The van der Waals surface area contributed by atoms with Gasteiger partial charge in [0.1, 0.15) is 5.82 Å². The number of nitrogens with two attached hydrogens (primary N) is 1. The molecule has 1 rings (SSSR count). The number of ether oxygens (including phenoxy) is 1. The molecule has 0 aromatic carbocycles. The van der Waals surface area contributed by atoms with Crippen molar-refractivity contribution in [2.24, 2.45) is 0 Å². The Morgan fingerprint density at radius 2 is 2.07 bits per heavy atom. The normalized spacial score (nSPS) is 14.0. The second-order valence-electron chi connectivity index (χ2n) is 2.67. The van der Waals surface area contributed by atoms with Crippen molar-refractivity contribution < 1.29 is 17.9 Å². The number of alkyl halides is 3. The molecule has 0 fully saturated rings. The van der Waals surface area contributed by atoms with Gasteiger partial charge in [-0.25, -0.2) is 4.98 Å². The average molecular weight is 206 g/mol. The number of pyridine rings is 1. The fourth-order valence-corrected chi connectivity index (χ4v) is 1.03. The number of rotatable bonds is 2. The lowest BCUT2D eigenvalue weighted by molar-refractivity contribution is -0.216. The van der Waals surface area contributed by atoms with Crippen molar-refractivity contribution in [1.82, 2.24) is 4.98 Å². The minimum atomic E-state index is -4.44. The highest BCUT2D eigenvalue weighted by atomic mass is 19.4. The highest BCUT2D eigenvalue weighted by Gasteiger charge is 2.41. The predicted octanol–water partition coefficient (Wildman–Crippen LogP) is 1.91. The molecule has 1 aromatic rings. The number of nitrogen functional groups attached to an aromatic ring is 1. The van der Waals surface area contributed by atoms with Crippen LogP contribution in [0, 0.1) is 0 Å². The average Bonchev–Trinajstić information content (AvgIpc) is 2.07. The molecule has 14 heavy (non-hydrogen) atoms. The molecule has 0 amide bonds. The molecule has 0 aliphatic rings. The van der Waals surface area contributed by atoms with E-state index >= 15 is 0 Å². The number of aromatic nitrogens is 1.